The number of rotatable bonds is 2. The molecular weight excluding hydrogens is 362 g/mol. The zero-order valence-electron chi connectivity index (χ0n) is 17.1. The lowest BCUT2D eigenvalue weighted by molar-refractivity contribution is -0.130. The van der Waals surface area contributed by atoms with E-state index < -0.39 is 0 Å². The van der Waals surface area contributed by atoms with Gasteiger partial charge in [-0.25, -0.2) is 0 Å². The Morgan fingerprint density at radius 1 is 0.966 bits per heavy atom. The number of fused-ring (bicyclic) bond motifs is 4. The summed E-state index contributed by atoms with van der Waals surface area (Å²) in [5, 5.41) is 0. The van der Waals surface area contributed by atoms with Gasteiger partial charge in [0.25, 0.3) is 5.56 Å². The van der Waals surface area contributed by atoms with Crippen molar-refractivity contribution < 1.29 is 4.79 Å². The van der Waals surface area contributed by atoms with Crippen molar-refractivity contribution in [3.8, 4) is 11.1 Å². The van der Waals surface area contributed by atoms with Gasteiger partial charge in [0, 0.05) is 68.9 Å². The van der Waals surface area contributed by atoms with E-state index in [0.717, 1.165) is 45.6 Å². The van der Waals surface area contributed by atoms with Gasteiger partial charge in [0.2, 0.25) is 5.91 Å². The van der Waals surface area contributed by atoms with Gasteiger partial charge in [-0.3, -0.25) is 14.5 Å². The maximum Gasteiger partial charge on any atom is 0.250 e. The van der Waals surface area contributed by atoms with Crippen LogP contribution in [0, 0.1) is 5.92 Å². The number of likely N-dealkylation sites (tertiary alicyclic amines) is 2. The minimum Gasteiger partial charge on any atom is -0.343 e. The number of hydrogen-bond donors (Lipinski definition) is 0. The first kappa shape index (κ1) is 18.6. The van der Waals surface area contributed by atoms with Crippen molar-refractivity contribution >= 4 is 5.91 Å². The molecule has 5 heteroatoms. The van der Waals surface area contributed by atoms with Gasteiger partial charge in [0.1, 0.15) is 0 Å². The van der Waals surface area contributed by atoms with Crippen LogP contribution in [-0.4, -0.2) is 52.5 Å². The molecule has 2 saturated heterocycles. The number of piperidine rings is 2. The summed E-state index contributed by atoms with van der Waals surface area (Å²) in [6, 6.07) is 14.8. The molecule has 1 amide bonds. The predicted octanol–water partition coefficient (Wildman–Crippen LogP) is 2.95. The molecule has 152 valence electrons. The van der Waals surface area contributed by atoms with Crippen molar-refractivity contribution in [3.63, 3.8) is 0 Å². The summed E-state index contributed by atoms with van der Waals surface area (Å²) in [6.07, 6.45) is 3.30. The van der Waals surface area contributed by atoms with E-state index in [1.165, 1.54) is 23.2 Å². The molecule has 0 saturated carbocycles. The smallest absolute Gasteiger partial charge is 0.250 e. The zero-order chi connectivity index (χ0) is 20.0. The molecule has 0 aliphatic carbocycles. The van der Waals surface area contributed by atoms with Crippen LogP contribution in [0.3, 0.4) is 0 Å². The number of pyridine rings is 1. The molecule has 2 atom stereocenters. The Bertz CT molecular complexity index is 960. The molecule has 1 aromatic carbocycles. The van der Waals surface area contributed by atoms with Crippen LogP contribution >= 0.6 is 0 Å². The molecule has 2 aromatic rings. The molecule has 1 aromatic heterocycles. The molecular formula is C24H29N3O2. The number of nitrogens with zero attached hydrogens (tertiary/aromatic N) is 3. The average Bonchev–Trinajstić information content (AvgIpc) is 2.75. The summed E-state index contributed by atoms with van der Waals surface area (Å²) in [4.78, 5) is 29.0. The van der Waals surface area contributed by atoms with Crippen LogP contribution in [0.5, 0.6) is 0 Å². The molecule has 5 nitrogen and oxygen atoms in total. The summed E-state index contributed by atoms with van der Waals surface area (Å²) in [5.74, 6) is 1.13. The lowest BCUT2D eigenvalue weighted by Crippen LogP contribution is -2.53. The number of hydrogen-bond acceptors (Lipinski definition) is 3. The molecule has 29 heavy (non-hydrogen) atoms. The number of carbonyl (C=O) groups is 1. The minimum absolute atomic E-state index is 0.137. The first-order valence-electron chi connectivity index (χ1n) is 10.9. The predicted molar refractivity (Wildman–Crippen MR) is 114 cm³/mol. The Balaban J connectivity index is 1.44. The van der Waals surface area contributed by atoms with Crippen molar-refractivity contribution in [2.75, 3.05) is 26.2 Å². The molecule has 2 fully saturated rings. The first-order chi connectivity index (χ1) is 14.1. The van der Waals surface area contributed by atoms with Crippen LogP contribution < -0.4 is 5.56 Å². The fraction of sp³-hybridized carbons (Fsp3) is 0.500. The van der Waals surface area contributed by atoms with Crippen LogP contribution in [0.4, 0.5) is 0 Å². The highest BCUT2D eigenvalue weighted by molar-refractivity contribution is 5.73. The van der Waals surface area contributed by atoms with E-state index >= 15 is 0 Å². The van der Waals surface area contributed by atoms with Gasteiger partial charge in [-0.05, 0) is 36.8 Å². The van der Waals surface area contributed by atoms with Gasteiger partial charge in [0.05, 0.1) is 0 Å². The fourth-order valence-electron chi connectivity index (χ4n) is 5.76. The monoisotopic (exact) mass is 391 g/mol. The van der Waals surface area contributed by atoms with Crippen LogP contribution in [0.2, 0.25) is 0 Å². The number of amides is 1. The quantitative estimate of drug-likeness (QED) is 0.791. The SMILES string of the molecule is CC(=O)N1CCC(N2C[C@H]3C[C@H](C2)c2c(-c4ccccc4)ccc(=O)n2C3)CC1. The standard InChI is InChI=1S/C24H29N3O2/c1-17(28)25-11-9-21(10-12-25)26-14-18-13-20(16-26)24-22(19-5-3-2-4-6-19)7-8-23(29)27(24)15-18/h2-8,18,20-21H,9-16H2,1H3/t18-,20-/m1/s1. The topological polar surface area (TPSA) is 45.6 Å². The van der Waals surface area contributed by atoms with Crippen LogP contribution in [0.15, 0.2) is 47.3 Å². The van der Waals surface area contributed by atoms with E-state index in [1.807, 2.05) is 17.0 Å². The molecule has 4 heterocycles. The summed E-state index contributed by atoms with van der Waals surface area (Å²) in [6.45, 7) is 6.33. The highest BCUT2D eigenvalue weighted by Crippen LogP contribution is 2.41. The average molecular weight is 392 g/mol. The van der Waals surface area contributed by atoms with Crippen molar-refractivity contribution in [1.82, 2.24) is 14.4 Å². The lowest BCUT2D eigenvalue weighted by Gasteiger charge is -2.48. The number of benzene rings is 1. The third-order valence-electron chi connectivity index (χ3n) is 7.13. The molecule has 0 spiro atoms. The van der Waals surface area contributed by atoms with Gasteiger partial charge in [0.15, 0.2) is 0 Å². The van der Waals surface area contributed by atoms with Crippen molar-refractivity contribution in [3.05, 3.63) is 58.5 Å². The Morgan fingerprint density at radius 2 is 1.72 bits per heavy atom. The lowest BCUT2D eigenvalue weighted by atomic mass is 9.79. The second-order valence-electron chi connectivity index (χ2n) is 8.94. The van der Waals surface area contributed by atoms with Crippen molar-refractivity contribution in [2.45, 2.75) is 44.7 Å². The Hall–Kier alpha value is -2.40. The summed E-state index contributed by atoms with van der Waals surface area (Å²) < 4.78 is 2.05. The zero-order valence-corrected chi connectivity index (χ0v) is 17.1. The van der Waals surface area contributed by atoms with Gasteiger partial charge < -0.3 is 9.47 Å². The minimum atomic E-state index is 0.137. The molecule has 0 unspecified atom stereocenters. The van der Waals surface area contributed by atoms with Gasteiger partial charge in [-0.15, -0.1) is 0 Å². The summed E-state index contributed by atoms with van der Waals surface area (Å²) >= 11 is 0. The first-order valence-corrected chi connectivity index (χ1v) is 10.9. The summed E-state index contributed by atoms with van der Waals surface area (Å²) in [7, 11) is 0. The Kier molecular flexibility index (Phi) is 4.78. The molecule has 5 rings (SSSR count). The molecule has 0 radical (unpaired) electrons. The molecule has 3 aliphatic rings. The van der Waals surface area contributed by atoms with E-state index in [4.69, 9.17) is 0 Å². The third-order valence-corrected chi connectivity index (χ3v) is 7.13. The van der Waals surface area contributed by atoms with E-state index in [1.54, 1.807) is 13.0 Å². The van der Waals surface area contributed by atoms with E-state index in [9.17, 15) is 9.59 Å². The Morgan fingerprint density at radius 3 is 2.45 bits per heavy atom. The van der Waals surface area contributed by atoms with E-state index in [2.05, 4.69) is 33.7 Å². The highest BCUT2D eigenvalue weighted by Gasteiger charge is 2.39. The van der Waals surface area contributed by atoms with E-state index in [-0.39, 0.29) is 11.5 Å². The molecule has 0 N–H and O–H groups in total. The second-order valence-corrected chi connectivity index (χ2v) is 8.94. The maximum absolute atomic E-state index is 12.7. The third kappa shape index (κ3) is 3.42. The van der Waals surface area contributed by atoms with E-state index in [0.29, 0.717) is 17.9 Å². The van der Waals surface area contributed by atoms with Gasteiger partial charge in [-0.2, -0.15) is 0 Å². The normalized spacial score (nSPS) is 24.9. The largest absolute Gasteiger partial charge is 0.343 e. The van der Waals surface area contributed by atoms with Crippen LogP contribution in [-0.2, 0) is 11.3 Å². The van der Waals surface area contributed by atoms with Gasteiger partial charge >= 0.3 is 0 Å². The maximum atomic E-state index is 12.7. The number of carbonyl (C=O) groups excluding carboxylic acids is 1. The highest BCUT2D eigenvalue weighted by atomic mass is 16.2. The van der Waals surface area contributed by atoms with Crippen molar-refractivity contribution in [1.29, 1.82) is 0 Å². The number of aromatic nitrogens is 1. The van der Waals surface area contributed by atoms with Crippen molar-refractivity contribution in [2.24, 2.45) is 5.92 Å². The van der Waals surface area contributed by atoms with Gasteiger partial charge in [-0.1, -0.05) is 30.3 Å². The van der Waals surface area contributed by atoms with Crippen LogP contribution in [0.25, 0.3) is 11.1 Å². The summed E-state index contributed by atoms with van der Waals surface area (Å²) in [5.41, 5.74) is 3.77. The second kappa shape index (κ2) is 7.45. The molecule has 2 bridgehead atoms. The molecule has 3 aliphatic heterocycles. The Labute approximate surface area is 171 Å². The fourth-order valence-corrected chi connectivity index (χ4v) is 5.76. The van der Waals surface area contributed by atoms with Crippen LogP contribution in [0.1, 0.15) is 37.8 Å².